The minimum Gasteiger partial charge on any atom is -0.428 e. The van der Waals surface area contributed by atoms with Gasteiger partial charge in [-0.1, -0.05) is 0 Å². The molecule has 1 atom stereocenters. The first-order chi connectivity index (χ1) is 10.7. The lowest BCUT2D eigenvalue weighted by atomic mass is 9.96. The summed E-state index contributed by atoms with van der Waals surface area (Å²) in [5, 5.41) is 15.8. The predicted octanol–water partition coefficient (Wildman–Crippen LogP) is 2.13. The van der Waals surface area contributed by atoms with Gasteiger partial charge in [-0.3, -0.25) is 4.79 Å². The number of amides is 1. The number of aromatic nitrogens is 2. The van der Waals surface area contributed by atoms with E-state index in [-0.39, 0.29) is 17.5 Å². The molecule has 7 nitrogen and oxygen atoms in total. The summed E-state index contributed by atoms with van der Waals surface area (Å²) in [7, 11) is 0. The molecule has 0 aliphatic carbocycles. The van der Waals surface area contributed by atoms with Crippen LogP contribution in [-0.2, 0) is 4.79 Å². The summed E-state index contributed by atoms with van der Waals surface area (Å²) < 4.78 is 5.26. The number of hydrogen-bond donors (Lipinski definition) is 0. The second-order valence-electron chi connectivity index (χ2n) is 5.84. The maximum absolute atomic E-state index is 12.4. The van der Waals surface area contributed by atoms with Gasteiger partial charge in [-0.05, 0) is 12.8 Å². The van der Waals surface area contributed by atoms with E-state index in [2.05, 4.69) is 26.3 Å². The Morgan fingerprint density at radius 3 is 3.05 bits per heavy atom. The first kappa shape index (κ1) is 14.7. The van der Waals surface area contributed by atoms with E-state index in [1.54, 1.807) is 0 Å². The Kier molecular flexibility index (Phi) is 4.18. The lowest BCUT2D eigenvalue weighted by molar-refractivity contribution is -0.132. The molecule has 2 aliphatic rings. The van der Waals surface area contributed by atoms with E-state index in [1.165, 1.54) is 6.39 Å². The molecule has 7 heteroatoms. The summed E-state index contributed by atoms with van der Waals surface area (Å²) in [6.07, 6.45) is 11.0. The van der Waals surface area contributed by atoms with E-state index in [4.69, 9.17) is 10.8 Å². The van der Waals surface area contributed by atoms with E-state index < -0.39 is 0 Å². The van der Waals surface area contributed by atoms with Gasteiger partial charge >= 0.3 is 0 Å². The third kappa shape index (κ3) is 3.32. The van der Waals surface area contributed by atoms with Gasteiger partial charge < -0.3 is 9.32 Å². The van der Waals surface area contributed by atoms with Crippen LogP contribution in [0.4, 0.5) is 0 Å². The zero-order valence-electron chi connectivity index (χ0n) is 12.4. The molecular weight excluding hydrogens is 282 g/mol. The fourth-order valence-electron chi connectivity index (χ4n) is 2.90. The molecule has 0 unspecified atom stereocenters. The maximum atomic E-state index is 12.4. The highest BCUT2D eigenvalue weighted by molar-refractivity contribution is 5.76. The highest BCUT2D eigenvalue weighted by Crippen LogP contribution is 2.38. The number of carbonyl (C=O) groups is 1. The van der Waals surface area contributed by atoms with Crippen LogP contribution in [0.2, 0.25) is 0 Å². The molecule has 0 saturated carbocycles. The van der Waals surface area contributed by atoms with Gasteiger partial charge in [0.25, 0.3) is 0 Å². The van der Waals surface area contributed by atoms with E-state index in [0.717, 1.165) is 25.8 Å². The van der Waals surface area contributed by atoms with Gasteiger partial charge in [0.15, 0.2) is 5.66 Å². The van der Waals surface area contributed by atoms with Crippen LogP contribution in [0.25, 0.3) is 0 Å². The number of likely N-dealkylation sites (tertiary alicyclic amines) is 1. The van der Waals surface area contributed by atoms with Crippen molar-refractivity contribution in [2.24, 2.45) is 10.2 Å². The molecule has 1 fully saturated rings. The zero-order valence-corrected chi connectivity index (χ0v) is 12.4. The molecule has 1 saturated heterocycles. The Labute approximate surface area is 129 Å². The summed E-state index contributed by atoms with van der Waals surface area (Å²) >= 11 is 0. The molecule has 0 aromatic carbocycles. The van der Waals surface area contributed by atoms with Crippen molar-refractivity contribution >= 4 is 5.91 Å². The smallest absolute Gasteiger partial charge is 0.222 e. The summed E-state index contributed by atoms with van der Waals surface area (Å²) in [5.74, 6) is 3.50. The van der Waals surface area contributed by atoms with Crippen LogP contribution in [0.3, 0.4) is 0 Å². The van der Waals surface area contributed by atoms with E-state index in [0.29, 0.717) is 31.7 Å². The molecule has 0 N–H and O–H groups in total. The Bertz CT molecular complexity index is 584. The third-order valence-electron chi connectivity index (χ3n) is 4.29. The minimum atomic E-state index is -0.385. The quantitative estimate of drug-likeness (QED) is 0.753. The second kappa shape index (κ2) is 6.26. The monoisotopic (exact) mass is 301 g/mol. The zero-order chi connectivity index (χ0) is 15.4. The van der Waals surface area contributed by atoms with Crippen molar-refractivity contribution in [3.8, 4) is 12.3 Å². The van der Waals surface area contributed by atoms with Crippen molar-refractivity contribution in [2.75, 3.05) is 13.1 Å². The Morgan fingerprint density at radius 1 is 1.50 bits per heavy atom. The van der Waals surface area contributed by atoms with Crippen LogP contribution in [0.5, 0.6) is 0 Å². The molecular formula is C15H19N5O2. The average molecular weight is 301 g/mol. The maximum Gasteiger partial charge on any atom is 0.222 e. The number of rotatable bonds is 6. The fraction of sp³-hybridized carbons (Fsp3) is 0.667. The van der Waals surface area contributed by atoms with Crippen molar-refractivity contribution in [2.45, 2.75) is 50.1 Å². The van der Waals surface area contributed by atoms with Gasteiger partial charge in [-0.15, -0.1) is 22.5 Å². The van der Waals surface area contributed by atoms with Gasteiger partial charge in [0, 0.05) is 38.8 Å². The molecule has 3 rings (SSSR count). The third-order valence-corrected chi connectivity index (χ3v) is 4.29. The van der Waals surface area contributed by atoms with E-state index in [9.17, 15) is 4.79 Å². The van der Waals surface area contributed by atoms with Crippen LogP contribution in [-0.4, -0.2) is 39.8 Å². The number of piperidine rings is 1. The van der Waals surface area contributed by atoms with Crippen molar-refractivity contribution in [3.63, 3.8) is 0 Å². The summed E-state index contributed by atoms with van der Waals surface area (Å²) in [6, 6.07) is 0. The van der Waals surface area contributed by atoms with Gasteiger partial charge in [0.05, 0.1) is 5.92 Å². The molecule has 22 heavy (non-hydrogen) atoms. The van der Waals surface area contributed by atoms with Crippen LogP contribution < -0.4 is 0 Å². The largest absolute Gasteiger partial charge is 0.428 e. The van der Waals surface area contributed by atoms with E-state index >= 15 is 0 Å². The Hall–Kier alpha value is -2.23. The molecule has 3 heterocycles. The van der Waals surface area contributed by atoms with Crippen molar-refractivity contribution < 1.29 is 9.21 Å². The summed E-state index contributed by atoms with van der Waals surface area (Å²) in [4.78, 5) is 14.3. The topological polar surface area (TPSA) is 84.0 Å². The number of nitrogens with zero attached hydrogens (tertiary/aromatic N) is 5. The van der Waals surface area contributed by atoms with Gasteiger partial charge in [0.2, 0.25) is 18.2 Å². The van der Waals surface area contributed by atoms with Crippen LogP contribution in [0.1, 0.15) is 50.3 Å². The highest BCUT2D eigenvalue weighted by Gasteiger charge is 2.40. The molecule has 0 bridgehead atoms. The minimum absolute atomic E-state index is 0.140. The molecule has 1 amide bonds. The Balaban J connectivity index is 1.49. The van der Waals surface area contributed by atoms with Crippen molar-refractivity contribution in [3.05, 3.63) is 12.3 Å². The fourth-order valence-corrected chi connectivity index (χ4v) is 2.90. The van der Waals surface area contributed by atoms with E-state index in [1.807, 2.05) is 4.90 Å². The highest BCUT2D eigenvalue weighted by atomic mass is 16.4. The van der Waals surface area contributed by atoms with Crippen LogP contribution in [0.15, 0.2) is 21.0 Å². The molecule has 0 spiro atoms. The predicted molar refractivity (Wildman–Crippen MR) is 77.7 cm³/mol. The summed E-state index contributed by atoms with van der Waals surface area (Å²) in [6.45, 7) is 1.43. The van der Waals surface area contributed by atoms with Gasteiger partial charge in [-0.25, -0.2) is 0 Å². The number of hydrogen-bond acceptors (Lipinski definition) is 6. The summed E-state index contributed by atoms with van der Waals surface area (Å²) in [5.41, 5.74) is -0.385. The standard InChI is InChI=1S/C15H19N5O2/c1-2-3-7-15(18-19-15)8-6-13(21)20-9-4-5-12(10-20)14-17-16-11-22-14/h1,11-12H,3-10H2/t12-/m0/s1. The lowest BCUT2D eigenvalue weighted by Crippen LogP contribution is -2.39. The first-order valence-corrected chi connectivity index (χ1v) is 7.64. The Morgan fingerprint density at radius 2 is 2.36 bits per heavy atom. The second-order valence-corrected chi connectivity index (χ2v) is 5.84. The number of terminal acetylenes is 1. The van der Waals surface area contributed by atoms with Crippen molar-refractivity contribution in [1.82, 2.24) is 15.1 Å². The number of carbonyl (C=O) groups excluding carboxylic acids is 1. The first-order valence-electron chi connectivity index (χ1n) is 7.64. The van der Waals surface area contributed by atoms with Crippen molar-refractivity contribution in [1.29, 1.82) is 0 Å². The normalized spacial score (nSPS) is 22.3. The molecule has 116 valence electrons. The molecule has 0 radical (unpaired) electrons. The molecule has 2 aliphatic heterocycles. The SMILES string of the molecule is C#CCCC1(CCC(=O)N2CCC[C@H](c3nnco3)C2)N=N1. The molecule has 1 aromatic rings. The molecule has 1 aromatic heterocycles. The van der Waals surface area contributed by atoms with Crippen LogP contribution >= 0.6 is 0 Å². The van der Waals surface area contributed by atoms with Gasteiger partial charge in [-0.2, -0.15) is 10.2 Å². The van der Waals surface area contributed by atoms with Crippen LogP contribution in [0, 0.1) is 12.3 Å². The lowest BCUT2D eigenvalue weighted by Gasteiger charge is -2.31. The average Bonchev–Trinajstić information content (AvgIpc) is 3.10. The van der Waals surface area contributed by atoms with Gasteiger partial charge in [0.1, 0.15) is 0 Å².